The van der Waals surface area contributed by atoms with E-state index in [0.29, 0.717) is 0 Å². The van der Waals surface area contributed by atoms with Gasteiger partial charge in [0.25, 0.3) is 0 Å². The van der Waals surface area contributed by atoms with Gasteiger partial charge < -0.3 is 10.5 Å². The van der Waals surface area contributed by atoms with Crippen molar-refractivity contribution in [2.75, 3.05) is 12.8 Å². The number of anilines is 1. The SMILES string of the molecule is COC1(c2nc(-c3ccccc3N)cs2)CCC(C)CC1. The Balaban J connectivity index is 1.92. The minimum absolute atomic E-state index is 0.195. The maximum atomic E-state index is 6.06. The Morgan fingerprint density at radius 1 is 1.29 bits per heavy atom. The monoisotopic (exact) mass is 302 g/mol. The zero-order valence-electron chi connectivity index (χ0n) is 12.6. The first-order chi connectivity index (χ1) is 10.1. The Morgan fingerprint density at radius 3 is 2.67 bits per heavy atom. The maximum Gasteiger partial charge on any atom is 0.125 e. The van der Waals surface area contributed by atoms with Crippen LogP contribution in [-0.4, -0.2) is 12.1 Å². The summed E-state index contributed by atoms with van der Waals surface area (Å²) in [7, 11) is 1.81. The molecule has 0 radical (unpaired) electrons. The smallest absolute Gasteiger partial charge is 0.125 e. The van der Waals surface area contributed by atoms with E-state index < -0.39 is 0 Å². The van der Waals surface area contributed by atoms with Crippen LogP contribution in [0.15, 0.2) is 29.6 Å². The molecule has 0 atom stereocenters. The van der Waals surface area contributed by atoms with Crippen molar-refractivity contribution in [1.82, 2.24) is 4.98 Å². The van der Waals surface area contributed by atoms with Crippen LogP contribution in [-0.2, 0) is 10.3 Å². The van der Waals surface area contributed by atoms with Crippen LogP contribution in [0.5, 0.6) is 0 Å². The van der Waals surface area contributed by atoms with E-state index in [1.807, 2.05) is 31.4 Å². The fraction of sp³-hybridized carbons (Fsp3) is 0.471. The summed E-state index contributed by atoms with van der Waals surface area (Å²) in [6, 6.07) is 7.89. The number of rotatable bonds is 3. The number of hydrogen-bond acceptors (Lipinski definition) is 4. The summed E-state index contributed by atoms with van der Waals surface area (Å²) < 4.78 is 5.91. The van der Waals surface area contributed by atoms with Gasteiger partial charge in [0.2, 0.25) is 0 Å². The lowest BCUT2D eigenvalue weighted by Crippen LogP contribution is -2.33. The molecule has 1 aliphatic rings. The molecular weight excluding hydrogens is 280 g/mol. The van der Waals surface area contributed by atoms with Crippen LogP contribution in [0.3, 0.4) is 0 Å². The van der Waals surface area contributed by atoms with E-state index in [0.717, 1.165) is 40.7 Å². The van der Waals surface area contributed by atoms with Crippen LogP contribution in [0, 0.1) is 5.92 Å². The largest absolute Gasteiger partial charge is 0.398 e. The van der Waals surface area contributed by atoms with Crippen molar-refractivity contribution in [2.45, 2.75) is 38.2 Å². The van der Waals surface area contributed by atoms with E-state index in [4.69, 9.17) is 15.5 Å². The van der Waals surface area contributed by atoms with Crippen molar-refractivity contribution in [3.8, 4) is 11.3 Å². The molecule has 112 valence electrons. The van der Waals surface area contributed by atoms with Gasteiger partial charge in [-0.15, -0.1) is 11.3 Å². The van der Waals surface area contributed by atoms with Crippen LogP contribution in [0.25, 0.3) is 11.3 Å². The van der Waals surface area contributed by atoms with E-state index in [9.17, 15) is 0 Å². The molecular formula is C17H22N2OS. The average Bonchev–Trinajstić information content (AvgIpc) is 2.99. The van der Waals surface area contributed by atoms with Crippen molar-refractivity contribution < 1.29 is 4.74 Å². The lowest BCUT2D eigenvalue weighted by atomic mass is 9.80. The number of para-hydroxylation sites is 1. The summed E-state index contributed by atoms with van der Waals surface area (Å²) >= 11 is 1.69. The molecule has 1 aliphatic carbocycles. The minimum atomic E-state index is -0.195. The molecule has 1 aromatic carbocycles. The number of nitrogens with zero attached hydrogens (tertiary/aromatic N) is 1. The minimum Gasteiger partial charge on any atom is -0.398 e. The first-order valence-electron chi connectivity index (χ1n) is 7.51. The molecule has 1 heterocycles. The summed E-state index contributed by atoms with van der Waals surface area (Å²) in [5.41, 5.74) is 8.61. The van der Waals surface area contributed by atoms with Crippen LogP contribution < -0.4 is 5.73 Å². The molecule has 3 rings (SSSR count). The number of ether oxygens (including phenoxy) is 1. The number of nitrogens with two attached hydrogens (primary N) is 1. The number of hydrogen-bond donors (Lipinski definition) is 1. The lowest BCUT2D eigenvalue weighted by molar-refractivity contribution is -0.0530. The molecule has 1 saturated carbocycles. The third-order valence-electron chi connectivity index (χ3n) is 4.60. The molecule has 0 amide bonds. The van der Waals surface area contributed by atoms with Gasteiger partial charge in [-0.2, -0.15) is 0 Å². The summed E-state index contributed by atoms with van der Waals surface area (Å²) in [5, 5.41) is 3.19. The van der Waals surface area contributed by atoms with Crippen molar-refractivity contribution in [3.63, 3.8) is 0 Å². The maximum absolute atomic E-state index is 6.06. The van der Waals surface area contributed by atoms with Gasteiger partial charge in [-0.3, -0.25) is 0 Å². The second kappa shape index (κ2) is 5.78. The van der Waals surface area contributed by atoms with Crippen LogP contribution in [0.4, 0.5) is 5.69 Å². The summed E-state index contributed by atoms with van der Waals surface area (Å²) in [4.78, 5) is 4.85. The van der Waals surface area contributed by atoms with E-state index in [1.165, 1.54) is 12.8 Å². The Hall–Kier alpha value is -1.39. The number of methoxy groups -OCH3 is 1. The normalized spacial score (nSPS) is 25.9. The molecule has 4 heteroatoms. The van der Waals surface area contributed by atoms with Crippen molar-refractivity contribution in [2.24, 2.45) is 5.92 Å². The highest BCUT2D eigenvalue weighted by Gasteiger charge is 2.38. The summed E-state index contributed by atoms with van der Waals surface area (Å²) in [6.45, 7) is 2.32. The number of aromatic nitrogens is 1. The van der Waals surface area contributed by atoms with Gasteiger partial charge in [-0.05, 0) is 37.7 Å². The highest BCUT2D eigenvalue weighted by Crippen LogP contribution is 2.44. The molecule has 2 N–H and O–H groups in total. The fourth-order valence-electron chi connectivity index (χ4n) is 3.07. The van der Waals surface area contributed by atoms with Crippen LogP contribution >= 0.6 is 11.3 Å². The first kappa shape index (κ1) is 14.5. The molecule has 2 aromatic rings. The molecule has 3 nitrogen and oxygen atoms in total. The first-order valence-corrected chi connectivity index (χ1v) is 8.38. The standard InChI is InChI=1S/C17H22N2OS/c1-12-7-9-17(20-2,10-8-12)16-19-15(11-21-16)13-5-3-4-6-14(13)18/h3-6,11-12H,7-10,18H2,1-2H3. The van der Waals surface area contributed by atoms with Gasteiger partial charge in [0.1, 0.15) is 10.6 Å². The third-order valence-corrected chi connectivity index (χ3v) is 5.63. The zero-order valence-corrected chi connectivity index (χ0v) is 13.5. The molecule has 0 bridgehead atoms. The quantitative estimate of drug-likeness (QED) is 0.852. The predicted molar refractivity (Wildman–Crippen MR) is 88.3 cm³/mol. The predicted octanol–water partition coefficient (Wildman–Crippen LogP) is 4.44. The number of nitrogen functional groups attached to an aromatic ring is 1. The Morgan fingerprint density at radius 2 is 2.00 bits per heavy atom. The molecule has 0 saturated heterocycles. The Bertz CT molecular complexity index is 615. The Labute approximate surface area is 130 Å². The summed E-state index contributed by atoms with van der Waals surface area (Å²) in [6.07, 6.45) is 4.52. The highest BCUT2D eigenvalue weighted by molar-refractivity contribution is 7.10. The van der Waals surface area contributed by atoms with Crippen molar-refractivity contribution >= 4 is 17.0 Å². The molecule has 21 heavy (non-hydrogen) atoms. The van der Waals surface area contributed by atoms with E-state index >= 15 is 0 Å². The second-order valence-electron chi connectivity index (χ2n) is 6.01. The topological polar surface area (TPSA) is 48.1 Å². The molecule has 0 spiro atoms. The van der Waals surface area contributed by atoms with Gasteiger partial charge in [-0.1, -0.05) is 25.1 Å². The van der Waals surface area contributed by atoms with Gasteiger partial charge in [0.05, 0.1) is 5.69 Å². The van der Waals surface area contributed by atoms with Crippen LogP contribution in [0.2, 0.25) is 0 Å². The third kappa shape index (κ3) is 2.70. The van der Waals surface area contributed by atoms with E-state index in [-0.39, 0.29) is 5.60 Å². The molecule has 0 unspecified atom stereocenters. The van der Waals surface area contributed by atoms with Gasteiger partial charge >= 0.3 is 0 Å². The van der Waals surface area contributed by atoms with E-state index in [1.54, 1.807) is 11.3 Å². The lowest BCUT2D eigenvalue weighted by Gasteiger charge is -2.36. The van der Waals surface area contributed by atoms with Crippen LogP contribution in [0.1, 0.15) is 37.6 Å². The highest BCUT2D eigenvalue weighted by atomic mass is 32.1. The number of benzene rings is 1. The van der Waals surface area contributed by atoms with Gasteiger partial charge in [-0.25, -0.2) is 4.98 Å². The molecule has 1 fully saturated rings. The Kier molecular flexibility index (Phi) is 4.00. The van der Waals surface area contributed by atoms with Gasteiger partial charge in [0, 0.05) is 23.7 Å². The van der Waals surface area contributed by atoms with Gasteiger partial charge in [0.15, 0.2) is 0 Å². The second-order valence-corrected chi connectivity index (χ2v) is 6.86. The van der Waals surface area contributed by atoms with Crippen molar-refractivity contribution in [1.29, 1.82) is 0 Å². The van der Waals surface area contributed by atoms with E-state index in [2.05, 4.69) is 12.3 Å². The molecule has 1 aromatic heterocycles. The average molecular weight is 302 g/mol. The number of thiazole rings is 1. The zero-order chi connectivity index (χ0) is 14.9. The van der Waals surface area contributed by atoms with Crippen molar-refractivity contribution in [3.05, 3.63) is 34.7 Å². The summed E-state index contributed by atoms with van der Waals surface area (Å²) in [5.74, 6) is 0.789. The fourth-order valence-corrected chi connectivity index (χ4v) is 4.13. The molecule has 0 aliphatic heterocycles.